The Bertz CT molecular complexity index is 1130. The van der Waals surface area contributed by atoms with Crippen LogP contribution in [0.5, 0.6) is 0 Å². The van der Waals surface area contributed by atoms with Gasteiger partial charge in [0.15, 0.2) is 0 Å². The number of aliphatic hydroxyl groups is 1. The van der Waals surface area contributed by atoms with Crippen LogP contribution in [0.2, 0.25) is 0 Å². The van der Waals surface area contributed by atoms with E-state index in [1.807, 2.05) is 24.4 Å². The van der Waals surface area contributed by atoms with Crippen molar-refractivity contribution in [2.24, 2.45) is 0 Å². The van der Waals surface area contributed by atoms with Gasteiger partial charge in [0.25, 0.3) is 0 Å². The molecular weight excluding hydrogens is 438 g/mol. The van der Waals surface area contributed by atoms with Crippen molar-refractivity contribution in [1.29, 1.82) is 0 Å². The molecule has 1 atom stereocenters. The van der Waals surface area contributed by atoms with Gasteiger partial charge in [-0.1, -0.05) is 72.8 Å². The van der Waals surface area contributed by atoms with Gasteiger partial charge in [0.05, 0.1) is 17.7 Å². The van der Waals surface area contributed by atoms with Crippen LogP contribution in [-0.2, 0) is 0 Å². The largest absolute Gasteiger partial charge is 0.391 e. The molecule has 5 rings (SSSR count). The van der Waals surface area contributed by atoms with Crippen molar-refractivity contribution in [3.8, 4) is 0 Å². The quantitative estimate of drug-likeness (QED) is 0.364. The van der Waals surface area contributed by atoms with Crippen molar-refractivity contribution in [2.45, 2.75) is 17.0 Å². The minimum absolute atomic E-state index is 0.269. The van der Waals surface area contributed by atoms with E-state index in [9.17, 15) is 5.11 Å². The van der Waals surface area contributed by atoms with Crippen LogP contribution >= 0.6 is 11.8 Å². The molecular formula is C29H31N3OS. The lowest BCUT2D eigenvalue weighted by molar-refractivity contribution is 0.0708. The summed E-state index contributed by atoms with van der Waals surface area (Å²) in [6.07, 6.45) is 1.47. The van der Waals surface area contributed by atoms with Gasteiger partial charge in [0.1, 0.15) is 0 Å². The third-order valence-electron chi connectivity index (χ3n) is 6.51. The molecule has 1 aliphatic heterocycles. The summed E-state index contributed by atoms with van der Waals surface area (Å²) in [6, 6.07) is 32.1. The number of benzene rings is 3. The molecule has 0 amide bonds. The van der Waals surface area contributed by atoms with Crippen LogP contribution in [0.15, 0.2) is 102 Å². The van der Waals surface area contributed by atoms with E-state index in [0.717, 1.165) is 37.1 Å². The van der Waals surface area contributed by atoms with Gasteiger partial charge < -0.3 is 5.11 Å². The van der Waals surface area contributed by atoms with Crippen LogP contribution in [0.25, 0.3) is 10.9 Å². The number of nitrogens with zero attached hydrogens (tertiary/aromatic N) is 3. The standard InChI is InChI=1S/C29H31N3OS/c33-25(22-34-28-15-7-14-27-26(28)13-8-16-30-27)21-31-17-19-32(20-18-31)29(23-9-3-1-4-10-23)24-11-5-2-6-12-24/h1-16,25,29,33H,17-22H2. The fourth-order valence-electron chi connectivity index (χ4n) is 4.83. The summed E-state index contributed by atoms with van der Waals surface area (Å²) < 4.78 is 0. The van der Waals surface area contributed by atoms with Crippen LogP contribution < -0.4 is 0 Å². The number of β-amino-alcohol motifs (C(OH)–C–C–N with tert-alkyl or cyclic N) is 1. The molecule has 0 bridgehead atoms. The van der Waals surface area contributed by atoms with Gasteiger partial charge in [-0.3, -0.25) is 14.8 Å². The van der Waals surface area contributed by atoms with E-state index < -0.39 is 0 Å². The summed E-state index contributed by atoms with van der Waals surface area (Å²) in [4.78, 5) is 10.6. The van der Waals surface area contributed by atoms with Crippen molar-refractivity contribution in [2.75, 3.05) is 38.5 Å². The Balaban J connectivity index is 1.17. The summed E-state index contributed by atoms with van der Waals surface area (Å²) >= 11 is 1.72. The number of piperazine rings is 1. The average Bonchev–Trinajstić information content (AvgIpc) is 2.90. The summed E-state index contributed by atoms with van der Waals surface area (Å²) in [7, 11) is 0. The Hall–Kier alpha value is -2.70. The van der Waals surface area contributed by atoms with Gasteiger partial charge in [-0.15, -0.1) is 11.8 Å². The van der Waals surface area contributed by atoms with E-state index >= 15 is 0 Å². The van der Waals surface area contributed by atoms with Gasteiger partial charge in [-0.2, -0.15) is 0 Å². The van der Waals surface area contributed by atoms with E-state index in [2.05, 4.69) is 87.6 Å². The van der Waals surface area contributed by atoms with E-state index in [4.69, 9.17) is 0 Å². The van der Waals surface area contributed by atoms with Crippen LogP contribution in [0.1, 0.15) is 17.2 Å². The predicted molar refractivity (Wildman–Crippen MR) is 141 cm³/mol. The average molecular weight is 470 g/mol. The first-order valence-electron chi connectivity index (χ1n) is 12.0. The zero-order valence-electron chi connectivity index (χ0n) is 19.3. The Morgan fingerprint density at radius 2 is 1.44 bits per heavy atom. The number of aromatic nitrogens is 1. The first-order chi connectivity index (χ1) is 16.8. The molecule has 1 aliphatic rings. The van der Waals surface area contributed by atoms with Gasteiger partial charge in [-0.05, 0) is 29.3 Å². The van der Waals surface area contributed by atoms with Crippen molar-refractivity contribution in [3.63, 3.8) is 0 Å². The maximum atomic E-state index is 10.8. The molecule has 1 saturated heterocycles. The van der Waals surface area contributed by atoms with Gasteiger partial charge in [-0.25, -0.2) is 0 Å². The van der Waals surface area contributed by atoms with Crippen LogP contribution in [0, 0.1) is 0 Å². The maximum absolute atomic E-state index is 10.8. The number of rotatable bonds is 8. The lowest BCUT2D eigenvalue weighted by atomic mass is 9.96. The highest BCUT2D eigenvalue weighted by atomic mass is 32.2. The topological polar surface area (TPSA) is 39.6 Å². The second kappa shape index (κ2) is 11.2. The molecule has 34 heavy (non-hydrogen) atoms. The molecule has 0 saturated carbocycles. The first kappa shape index (κ1) is 23.1. The number of fused-ring (bicyclic) bond motifs is 1. The Morgan fingerprint density at radius 1 is 0.765 bits per heavy atom. The molecule has 0 radical (unpaired) electrons. The number of thioether (sulfide) groups is 1. The highest BCUT2D eigenvalue weighted by Crippen LogP contribution is 2.30. The van der Waals surface area contributed by atoms with Crippen molar-refractivity contribution >= 4 is 22.7 Å². The lowest BCUT2D eigenvalue weighted by Crippen LogP contribution is -2.49. The number of hydrogen-bond donors (Lipinski definition) is 1. The molecule has 4 aromatic rings. The molecule has 174 valence electrons. The highest BCUT2D eigenvalue weighted by molar-refractivity contribution is 7.99. The fourth-order valence-corrected chi connectivity index (χ4v) is 5.81. The van der Waals surface area contributed by atoms with Gasteiger partial charge in [0, 0.05) is 55.0 Å². The van der Waals surface area contributed by atoms with E-state index in [1.165, 1.54) is 16.0 Å². The maximum Gasteiger partial charge on any atom is 0.0760 e. The van der Waals surface area contributed by atoms with Gasteiger partial charge in [0.2, 0.25) is 0 Å². The minimum Gasteiger partial charge on any atom is -0.391 e. The van der Waals surface area contributed by atoms with Crippen LogP contribution in [0.3, 0.4) is 0 Å². The van der Waals surface area contributed by atoms with Crippen molar-refractivity contribution < 1.29 is 5.11 Å². The molecule has 1 N–H and O–H groups in total. The molecule has 1 fully saturated rings. The number of hydrogen-bond acceptors (Lipinski definition) is 5. The SMILES string of the molecule is OC(CSc1cccc2ncccc12)CN1CCN(C(c2ccccc2)c2ccccc2)CC1. The first-order valence-corrected chi connectivity index (χ1v) is 13.0. The monoisotopic (exact) mass is 469 g/mol. The smallest absolute Gasteiger partial charge is 0.0760 e. The Labute approximate surface area is 206 Å². The van der Waals surface area contributed by atoms with Crippen molar-refractivity contribution in [3.05, 3.63) is 108 Å². The molecule has 0 aliphatic carbocycles. The van der Waals surface area contributed by atoms with Crippen molar-refractivity contribution in [1.82, 2.24) is 14.8 Å². The second-order valence-electron chi connectivity index (χ2n) is 8.85. The van der Waals surface area contributed by atoms with E-state index in [-0.39, 0.29) is 12.1 Å². The lowest BCUT2D eigenvalue weighted by Gasteiger charge is -2.40. The predicted octanol–water partition coefficient (Wildman–Crippen LogP) is 5.10. The van der Waals surface area contributed by atoms with E-state index in [0.29, 0.717) is 12.3 Å². The minimum atomic E-state index is -0.359. The summed E-state index contributed by atoms with van der Waals surface area (Å²) in [5.41, 5.74) is 3.68. The van der Waals surface area contributed by atoms with Crippen LogP contribution in [-0.4, -0.2) is 64.5 Å². The molecule has 1 aromatic heterocycles. The zero-order valence-corrected chi connectivity index (χ0v) is 20.1. The summed E-state index contributed by atoms with van der Waals surface area (Å²) in [5, 5.41) is 11.9. The number of pyridine rings is 1. The molecule has 1 unspecified atom stereocenters. The third-order valence-corrected chi connectivity index (χ3v) is 7.73. The number of aliphatic hydroxyl groups excluding tert-OH is 1. The molecule has 3 aromatic carbocycles. The molecule has 2 heterocycles. The fraction of sp³-hybridized carbons (Fsp3) is 0.276. The highest BCUT2D eigenvalue weighted by Gasteiger charge is 2.27. The molecule has 4 nitrogen and oxygen atoms in total. The molecule has 0 spiro atoms. The summed E-state index contributed by atoms with van der Waals surface area (Å²) in [6.45, 7) is 4.63. The van der Waals surface area contributed by atoms with Crippen LogP contribution in [0.4, 0.5) is 0 Å². The second-order valence-corrected chi connectivity index (χ2v) is 9.91. The summed E-state index contributed by atoms with van der Waals surface area (Å²) in [5.74, 6) is 0.685. The molecule has 5 heteroatoms. The zero-order chi connectivity index (χ0) is 23.2. The Kier molecular flexibility index (Phi) is 7.56. The Morgan fingerprint density at radius 3 is 2.12 bits per heavy atom. The third kappa shape index (κ3) is 5.50. The van der Waals surface area contributed by atoms with E-state index in [1.54, 1.807) is 11.8 Å². The van der Waals surface area contributed by atoms with Gasteiger partial charge >= 0.3 is 0 Å². The normalized spacial score (nSPS) is 16.2.